The van der Waals surface area contributed by atoms with E-state index in [4.69, 9.17) is 15.4 Å². The fourth-order valence-corrected chi connectivity index (χ4v) is 2.37. The zero-order chi connectivity index (χ0) is 14.4. The van der Waals surface area contributed by atoms with E-state index in [1.54, 1.807) is 0 Å². The van der Waals surface area contributed by atoms with E-state index in [1.165, 1.54) is 11.8 Å². The average molecular weight is 293 g/mol. The highest BCUT2D eigenvalue weighted by molar-refractivity contribution is 7.98. The lowest BCUT2D eigenvalue weighted by atomic mass is 10.2. The third kappa shape index (κ3) is 4.07. The number of thioether (sulfide) groups is 1. The van der Waals surface area contributed by atoms with Gasteiger partial charge in [0.2, 0.25) is 11.7 Å². The molecule has 0 aliphatic carbocycles. The monoisotopic (exact) mass is 293 g/mol. The number of nitrogens with two attached hydrogens (primary N) is 1. The maximum absolute atomic E-state index is 10.5. The van der Waals surface area contributed by atoms with Crippen LogP contribution in [-0.4, -0.2) is 33.0 Å². The van der Waals surface area contributed by atoms with Gasteiger partial charge in [0.1, 0.15) is 6.04 Å². The molecule has 0 amide bonds. The number of nitrogens with zero attached hydrogens (tertiary/aromatic N) is 2. The van der Waals surface area contributed by atoms with Crippen molar-refractivity contribution >= 4 is 17.7 Å². The van der Waals surface area contributed by atoms with Crippen LogP contribution in [0.3, 0.4) is 0 Å². The molecule has 7 heteroatoms. The molecule has 0 spiro atoms. The van der Waals surface area contributed by atoms with Gasteiger partial charge in [-0.15, -0.1) is 0 Å². The lowest BCUT2D eigenvalue weighted by molar-refractivity contribution is -0.138. The highest BCUT2D eigenvalue weighted by atomic mass is 32.2. The van der Waals surface area contributed by atoms with Gasteiger partial charge < -0.3 is 15.4 Å². The molecule has 1 aromatic carbocycles. The molecular formula is C13H15N3O3S. The summed E-state index contributed by atoms with van der Waals surface area (Å²) in [7, 11) is 0. The van der Waals surface area contributed by atoms with Crippen LogP contribution in [0.4, 0.5) is 0 Å². The Labute approximate surface area is 120 Å². The molecule has 1 aromatic heterocycles. The van der Waals surface area contributed by atoms with E-state index >= 15 is 0 Å². The summed E-state index contributed by atoms with van der Waals surface area (Å²) in [6.07, 6.45) is 0.416. The fraction of sp³-hybridized carbons (Fsp3) is 0.308. The Morgan fingerprint density at radius 1 is 1.40 bits per heavy atom. The van der Waals surface area contributed by atoms with Crippen LogP contribution in [0.2, 0.25) is 0 Å². The number of carboxylic acid groups (broad SMARTS) is 1. The van der Waals surface area contributed by atoms with Crippen LogP contribution < -0.4 is 5.73 Å². The van der Waals surface area contributed by atoms with Gasteiger partial charge in [0, 0.05) is 5.56 Å². The van der Waals surface area contributed by atoms with Gasteiger partial charge in [0.15, 0.2) is 0 Å². The van der Waals surface area contributed by atoms with Crippen molar-refractivity contribution in [2.24, 2.45) is 5.73 Å². The fourth-order valence-electron chi connectivity index (χ4n) is 1.51. The molecule has 0 fully saturated rings. The number of carboxylic acids is 1. The van der Waals surface area contributed by atoms with Gasteiger partial charge in [-0.25, -0.2) is 0 Å². The lowest BCUT2D eigenvalue weighted by Crippen LogP contribution is -2.30. The van der Waals surface area contributed by atoms with Gasteiger partial charge in [0.25, 0.3) is 0 Å². The first-order chi connectivity index (χ1) is 9.66. The Bertz CT molecular complexity index is 559. The first kappa shape index (κ1) is 14.5. The summed E-state index contributed by atoms with van der Waals surface area (Å²) < 4.78 is 5.14. The third-order valence-electron chi connectivity index (χ3n) is 2.62. The smallest absolute Gasteiger partial charge is 0.320 e. The molecule has 1 atom stereocenters. The Morgan fingerprint density at radius 3 is 2.85 bits per heavy atom. The van der Waals surface area contributed by atoms with Crippen molar-refractivity contribution in [3.63, 3.8) is 0 Å². The minimum Gasteiger partial charge on any atom is -0.480 e. The number of benzene rings is 1. The first-order valence-corrected chi connectivity index (χ1v) is 7.26. The van der Waals surface area contributed by atoms with Crippen molar-refractivity contribution in [1.82, 2.24) is 10.1 Å². The van der Waals surface area contributed by atoms with Crippen LogP contribution in [0.1, 0.15) is 12.3 Å². The number of aromatic nitrogens is 2. The number of hydrogen-bond donors (Lipinski definition) is 2. The van der Waals surface area contributed by atoms with Gasteiger partial charge >= 0.3 is 5.97 Å². The molecule has 0 radical (unpaired) electrons. The van der Waals surface area contributed by atoms with Crippen LogP contribution in [0.5, 0.6) is 0 Å². The topological polar surface area (TPSA) is 102 Å². The van der Waals surface area contributed by atoms with E-state index in [-0.39, 0.29) is 0 Å². The maximum Gasteiger partial charge on any atom is 0.320 e. The summed E-state index contributed by atoms with van der Waals surface area (Å²) in [5, 5.41) is 12.6. The molecule has 1 unspecified atom stereocenters. The van der Waals surface area contributed by atoms with Crippen LogP contribution >= 0.6 is 11.8 Å². The van der Waals surface area contributed by atoms with E-state index in [1.807, 2.05) is 30.3 Å². The molecule has 2 rings (SSSR count). The molecular weight excluding hydrogens is 278 g/mol. The van der Waals surface area contributed by atoms with Crippen molar-refractivity contribution in [1.29, 1.82) is 0 Å². The van der Waals surface area contributed by atoms with E-state index in [9.17, 15) is 4.79 Å². The second kappa shape index (κ2) is 7.06. The highest BCUT2D eigenvalue weighted by Crippen LogP contribution is 2.18. The SMILES string of the molecule is NC(CCSCc1nc(-c2ccccc2)no1)C(=O)O. The van der Waals surface area contributed by atoms with Crippen molar-refractivity contribution in [2.45, 2.75) is 18.2 Å². The third-order valence-corrected chi connectivity index (χ3v) is 3.59. The number of carbonyl (C=O) groups is 1. The van der Waals surface area contributed by atoms with Gasteiger partial charge in [0.05, 0.1) is 5.75 Å². The van der Waals surface area contributed by atoms with E-state index < -0.39 is 12.0 Å². The minimum atomic E-state index is -0.977. The zero-order valence-electron chi connectivity index (χ0n) is 10.7. The molecule has 0 saturated carbocycles. The van der Waals surface area contributed by atoms with E-state index in [2.05, 4.69) is 10.1 Å². The summed E-state index contributed by atoms with van der Waals surface area (Å²) >= 11 is 1.52. The summed E-state index contributed by atoms with van der Waals surface area (Å²) in [4.78, 5) is 14.8. The van der Waals surface area contributed by atoms with Gasteiger partial charge in [-0.2, -0.15) is 16.7 Å². The first-order valence-electron chi connectivity index (χ1n) is 6.11. The standard InChI is InChI=1S/C13H15N3O3S/c14-10(13(17)18)6-7-20-8-11-15-12(16-19-11)9-4-2-1-3-5-9/h1-5,10H,6-8,14H2,(H,17,18). The predicted molar refractivity (Wildman–Crippen MR) is 76.1 cm³/mol. The molecule has 0 bridgehead atoms. The van der Waals surface area contributed by atoms with E-state index in [0.717, 1.165) is 5.56 Å². The summed E-state index contributed by atoms with van der Waals surface area (Å²) in [6.45, 7) is 0. The van der Waals surface area contributed by atoms with Gasteiger partial charge in [-0.1, -0.05) is 35.5 Å². The summed E-state index contributed by atoms with van der Waals surface area (Å²) in [6, 6.07) is 8.75. The van der Waals surface area contributed by atoms with Crippen LogP contribution in [0.25, 0.3) is 11.4 Å². The Balaban J connectivity index is 1.81. The maximum atomic E-state index is 10.5. The van der Waals surface area contributed by atoms with Crippen molar-refractivity contribution in [3.05, 3.63) is 36.2 Å². The minimum absolute atomic E-state index is 0.416. The molecule has 0 saturated heterocycles. The molecule has 2 aromatic rings. The second-order valence-corrected chi connectivity index (χ2v) is 5.27. The van der Waals surface area contributed by atoms with Gasteiger partial charge in [-0.3, -0.25) is 4.79 Å². The van der Waals surface area contributed by atoms with Crippen molar-refractivity contribution in [3.8, 4) is 11.4 Å². The van der Waals surface area contributed by atoms with Crippen LogP contribution in [-0.2, 0) is 10.5 Å². The Kier molecular flexibility index (Phi) is 5.14. The molecule has 3 N–H and O–H groups in total. The van der Waals surface area contributed by atoms with Crippen molar-refractivity contribution < 1.29 is 14.4 Å². The van der Waals surface area contributed by atoms with Crippen LogP contribution in [0.15, 0.2) is 34.9 Å². The summed E-state index contributed by atoms with van der Waals surface area (Å²) in [5.41, 5.74) is 6.31. The predicted octanol–water partition coefficient (Wildman–Crippen LogP) is 1.77. The molecule has 106 valence electrons. The molecule has 0 aliphatic heterocycles. The number of rotatable bonds is 7. The van der Waals surface area contributed by atoms with Crippen LogP contribution in [0, 0.1) is 0 Å². The zero-order valence-corrected chi connectivity index (χ0v) is 11.5. The normalized spacial score (nSPS) is 12.2. The van der Waals surface area contributed by atoms with Crippen molar-refractivity contribution in [2.75, 3.05) is 5.75 Å². The lowest BCUT2D eigenvalue weighted by Gasteiger charge is -2.03. The number of aliphatic carboxylic acids is 1. The Hall–Kier alpha value is -1.86. The molecule has 1 heterocycles. The average Bonchev–Trinajstić information content (AvgIpc) is 2.93. The number of hydrogen-bond acceptors (Lipinski definition) is 6. The molecule has 20 heavy (non-hydrogen) atoms. The largest absolute Gasteiger partial charge is 0.480 e. The second-order valence-electron chi connectivity index (χ2n) is 4.16. The van der Waals surface area contributed by atoms with E-state index in [0.29, 0.717) is 29.6 Å². The van der Waals surface area contributed by atoms with Gasteiger partial charge in [-0.05, 0) is 12.2 Å². The molecule has 0 aliphatic rings. The molecule has 6 nitrogen and oxygen atoms in total. The Morgan fingerprint density at radius 2 is 2.15 bits per heavy atom. The highest BCUT2D eigenvalue weighted by Gasteiger charge is 2.12. The quantitative estimate of drug-likeness (QED) is 0.750. The summed E-state index contributed by atoms with van der Waals surface area (Å²) in [5.74, 6) is 1.29.